The van der Waals surface area contributed by atoms with Crippen LogP contribution in [0.4, 0.5) is 5.69 Å². The highest BCUT2D eigenvalue weighted by Gasteiger charge is 2.28. The van der Waals surface area contributed by atoms with Crippen LogP contribution in [-0.2, 0) is 0 Å². The molecule has 0 amide bonds. The number of anilines is 1. The largest absolute Gasteiger partial charge is 0.389 e. The van der Waals surface area contributed by atoms with Gasteiger partial charge in [-0.3, -0.25) is 0 Å². The summed E-state index contributed by atoms with van der Waals surface area (Å²) in [6.45, 7) is 2.15. The maximum Gasteiger partial charge on any atom is 0.0786 e. The minimum atomic E-state index is -0.679. The first-order valence-corrected chi connectivity index (χ1v) is 6.44. The van der Waals surface area contributed by atoms with Gasteiger partial charge in [0.15, 0.2) is 0 Å². The van der Waals surface area contributed by atoms with Crippen LogP contribution in [0.5, 0.6) is 0 Å². The van der Waals surface area contributed by atoms with E-state index in [4.69, 9.17) is 17.3 Å². The second-order valence-electron chi connectivity index (χ2n) is 4.75. The monoisotopic (exact) mass is 254 g/mol. The summed E-state index contributed by atoms with van der Waals surface area (Å²) in [5, 5.41) is 10.9. The summed E-state index contributed by atoms with van der Waals surface area (Å²) in [5.41, 5.74) is 6.11. The standard InChI is InChI=1S/C13H19ClN2O/c14-11-2-4-12(5-3-11)16-8-1-6-13(17,10-15)7-9-16/h2-5,17H,1,6-10,15H2. The minimum Gasteiger partial charge on any atom is -0.389 e. The van der Waals surface area contributed by atoms with E-state index in [2.05, 4.69) is 4.90 Å². The summed E-state index contributed by atoms with van der Waals surface area (Å²) in [7, 11) is 0. The molecule has 0 saturated carbocycles. The Labute approximate surface area is 107 Å². The van der Waals surface area contributed by atoms with Crippen molar-refractivity contribution in [1.82, 2.24) is 0 Å². The van der Waals surface area contributed by atoms with Crippen molar-refractivity contribution in [3.05, 3.63) is 29.3 Å². The number of benzene rings is 1. The second-order valence-corrected chi connectivity index (χ2v) is 5.18. The lowest BCUT2D eigenvalue weighted by atomic mass is 9.95. The van der Waals surface area contributed by atoms with Crippen molar-refractivity contribution in [2.45, 2.75) is 24.9 Å². The van der Waals surface area contributed by atoms with Gasteiger partial charge in [0.2, 0.25) is 0 Å². The van der Waals surface area contributed by atoms with Crippen LogP contribution in [-0.4, -0.2) is 30.3 Å². The SMILES string of the molecule is NCC1(O)CCCN(c2ccc(Cl)cc2)CC1. The van der Waals surface area contributed by atoms with E-state index in [0.717, 1.165) is 43.1 Å². The van der Waals surface area contributed by atoms with E-state index in [9.17, 15) is 5.11 Å². The zero-order chi connectivity index (χ0) is 12.3. The van der Waals surface area contributed by atoms with Crippen molar-refractivity contribution in [3.8, 4) is 0 Å². The topological polar surface area (TPSA) is 49.5 Å². The molecule has 2 rings (SSSR count). The average Bonchev–Trinajstić information content (AvgIpc) is 2.53. The van der Waals surface area contributed by atoms with Gasteiger partial charge in [-0.05, 0) is 43.5 Å². The van der Waals surface area contributed by atoms with E-state index in [1.165, 1.54) is 0 Å². The van der Waals surface area contributed by atoms with Crippen LogP contribution in [0, 0.1) is 0 Å². The summed E-state index contributed by atoms with van der Waals surface area (Å²) in [6.07, 6.45) is 2.48. The van der Waals surface area contributed by atoms with Gasteiger partial charge in [0, 0.05) is 30.3 Å². The molecule has 0 spiro atoms. The van der Waals surface area contributed by atoms with E-state index in [-0.39, 0.29) is 0 Å². The van der Waals surface area contributed by atoms with Gasteiger partial charge in [-0.15, -0.1) is 0 Å². The molecule has 1 aliphatic heterocycles. The zero-order valence-corrected chi connectivity index (χ0v) is 10.7. The third-order valence-electron chi connectivity index (χ3n) is 3.49. The smallest absolute Gasteiger partial charge is 0.0786 e. The second kappa shape index (κ2) is 5.25. The van der Waals surface area contributed by atoms with Crippen LogP contribution in [0.15, 0.2) is 24.3 Å². The highest BCUT2D eigenvalue weighted by atomic mass is 35.5. The van der Waals surface area contributed by atoms with Crippen molar-refractivity contribution >= 4 is 17.3 Å². The van der Waals surface area contributed by atoms with Crippen LogP contribution < -0.4 is 10.6 Å². The fraction of sp³-hybridized carbons (Fsp3) is 0.538. The number of aliphatic hydroxyl groups is 1. The number of hydrogen-bond donors (Lipinski definition) is 2. The molecule has 3 nitrogen and oxygen atoms in total. The average molecular weight is 255 g/mol. The lowest BCUT2D eigenvalue weighted by Crippen LogP contribution is -2.38. The van der Waals surface area contributed by atoms with Crippen molar-refractivity contribution in [2.24, 2.45) is 5.73 Å². The van der Waals surface area contributed by atoms with Crippen LogP contribution in [0.25, 0.3) is 0 Å². The van der Waals surface area contributed by atoms with Crippen LogP contribution >= 0.6 is 11.6 Å². The third-order valence-corrected chi connectivity index (χ3v) is 3.74. The molecule has 4 heteroatoms. The Morgan fingerprint density at radius 2 is 1.94 bits per heavy atom. The van der Waals surface area contributed by atoms with E-state index >= 15 is 0 Å². The number of hydrogen-bond acceptors (Lipinski definition) is 3. The number of nitrogens with zero attached hydrogens (tertiary/aromatic N) is 1. The fourth-order valence-electron chi connectivity index (χ4n) is 2.29. The van der Waals surface area contributed by atoms with Crippen LogP contribution in [0.3, 0.4) is 0 Å². The van der Waals surface area contributed by atoms with Gasteiger partial charge < -0.3 is 15.7 Å². The first-order valence-electron chi connectivity index (χ1n) is 6.06. The van der Waals surface area contributed by atoms with Crippen molar-refractivity contribution < 1.29 is 5.11 Å². The van der Waals surface area contributed by atoms with E-state index in [1.807, 2.05) is 24.3 Å². The molecule has 17 heavy (non-hydrogen) atoms. The molecule has 1 aromatic carbocycles. The molecule has 0 bridgehead atoms. The van der Waals surface area contributed by atoms with Crippen molar-refractivity contribution in [1.29, 1.82) is 0 Å². The summed E-state index contributed by atoms with van der Waals surface area (Å²) >= 11 is 5.88. The summed E-state index contributed by atoms with van der Waals surface area (Å²) in [6, 6.07) is 7.85. The van der Waals surface area contributed by atoms with E-state index in [1.54, 1.807) is 0 Å². The third kappa shape index (κ3) is 3.12. The van der Waals surface area contributed by atoms with Gasteiger partial charge >= 0.3 is 0 Å². The lowest BCUT2D eigenvalue weighted by Gasteiger charge is -2.26. The van der Waals surface area contributed by atoms with Gasteiger partial charge in [-0.25, -0.2) is 0 Å². The molecule has 1 atom stereocenters. The molecule has 1 heterocycles. The molecule has 0 aliphatic carbocycles. The highest BCUT2D eigenvalue weighted by Crippen LogP contribution is 2.25. The molecule has 3 N–H and O–H groups in total. The predicted octanol–water partition coefficient (Wildman–Crippen LogP) is 2.02. The van der Waals surface area contributed by atoms with Crippen molar-refractivity contribution in [2.75, 3.05) is 24.5 Å². The van der Waals surface area contributed by atoms with Gasteiger partial charge in [0.1, 0.15) is 0 Å². The molecule has 1 saturated heterocycles. The number of halogens is 1. The van der Waals surface area contributed by atoms with Crippen LogP contribution in [0.2, 0.25) is 5.02 Å². The maximum absolute atomic E-state index is 10.2. The van der Waals surface area contributed by atoms with E-state index < -0.39 is 5.60 Å². The first kappa shape index (κ1) is 12.7. The summed E-state index contributed by atoms with van der Waals surface area (Å²) in [5.74, 6) is 0. The molecule has 1 fully saturated rings. The Kier molecular flexibility index (Phi) is 3.92. The first-order chi connectivity index (χ1) is 8.13. The van der Waals surface area contributed by atoms with Gasteiger partial charge in [-0.1, -0.05) is 11.6 Å². The van der Waals surface area contributed by atoms with Crippen LogP contribution in [0.1, 0.15) is 19.3 Å². The normalized spacial score (nSPS) is 25.7. The molecule has 1 unspecified atom stereocenters. The number of rotatable bonds is 2. The molecule has 0 aromatic heterocycles. The Morgan fingerprint density at radius 1 is 1.24 bits per heavy atom. The Morgan fingerprint density at radius 3 is 2.59 bits per heavy atom. The Balaban J connectivity index is 2.06. The fourth-order valence-corrected chi connectivity index (χ4v) is 2.42. The highest BCUT2D eigenvalue weighted by molar-refractivity contribution is 6.30. The minimum absolute atomic E-state index is 0.349. The van der Waals surface area contributed by atoms with Gasteiger partial charge in [0.25, 0.3) is 0 Å². The van der Waals surface area contributed by atoms with Gasteiger partial charge in [-0.2, -0.15) is 0 Å². The Bertz CT molecular complexity index is 368. The van der Waals surface area contributed by atoms with Crippen molar-refractivity contribution in [3.63, 3.8) is 0 Å². The van der Waals surface area contributed by atoms with Gasteiger partial charge in [0.05, 0.1) is 5.60 Å². The van der Waals surface area contributed by atoms with E-state index in [0.29, 0.717) is 6.54 Å². The maximum atomic E-state index is 10.2. The number of nitrogens with two attached hydrogens (primary N) is 1. The lowest BCUT2D eigenvalue weighted by molar-refractivity contribution is 0.0375. The molecule has 0 radical (unpaired) electrons. The molecule has 1 aromatic rings. The zero-order valence-electron chi connectivity index (χ0n) is 9.90. The summed E-state index contributed by atoms with van der Waals surface area (Å²) < 4.78 is 0. The summed E-state index contributed by atoms with van der Waals surface area (Å²) in [4.78, 5) is 2.28. The molecule has 94 valence electrons. The quantitative estimate of drug-likeness (QED) is 0.849. The molecule has 1 aliphatic rings. The molecular formula is C13H19ClN2O. The predicted molar refractivity (Wildman–Crippen MR) is 71.5 cm³/mol. The molecular weight excluding hydrogens is 236 g/mol. The Hall–Kier alpha value is -0.770.